The Morgan fingerprint density at radius 2 is 1.85 bits per heavy atom. The molecule has 0 aliphatic heterocycles. The predicted octanol–water partition coefficient (Wildman–Crippen LogP) is 3.09. The van der Waals surface area contributed by atoms with Gasteiger partial charge < -0.3 is 11.1 Å². The number of aryl methyl sites for hydroxylation is 1. The van der Waals surface area contributed by atoms with Crippen molar-refractivity contribution in [3.63, 3.8) is 0 Å². The number of rotatable bonds is 7. The van der Waals surface area contributed by atoms with E-state index in [1.807, 2.05) is 43.3 Å². The highest BCUT2D eigenvalue weighted by atomic mass is 35.5. The first kappa shape index (κ1) is 19.9. The highest BCUT2D eigenvalue weighted by molar-refractivity contribution is 5.85. The van der Waals surface area contributed by atoms with Crippen LogP contribution in [0.4, 0.5) is 0 Å². The van der Waals surface area contributed by atoms with E-state index in [0.29, 0.717) is 25.9 Å². The maximum absolute atomic E-state index is 12.1. The Bertz CT molecular complexity index is 847. The van der Waals surface area contributed by atoms with Crippen molar-refractivity contribution in [1.29, 1.82) is 0 Å². The largest absolute Gasteiger partial charge is 0.356 e. The molecule has 1 atom stereocenters. The molecule has 1 heterocycles. The van der Waals surface area contributed by atoms with Crippen LogP contribution in [0.15, 0.2) is 54.6 Å². The maximum atomic E-state index is 12.1. The highest BCUT2D eigenvalue weighted by Crippen LogP contribution is 2.22. The second-order valence-corrected chi connectivity index (χ2v) is 6.33. The number of nitrogens with zero attached hydrogens (tertiary/aromatic N) is 2. The molecule has 1 aromatic heterocycles. The number of fused-ring (bicyclic) bond motifs is 1. The summed E-state index contributed by atoms with van der Waals surface area (Å²) in [6.07, 6.45) is 1.000. The number of amides is 1. The van der Waals surface area contributed by atoms with E-state index >= 15 is 0 Å². The fourth-order valence-corrected chi connectivity index (χ4v) is 2.79. The number of nitrogens with one attached hydrogen (secondary N) is 1. The molecule has 138 valence electrons. The van der Waals surface area contributed by atoms with Crippen LogP contribution in [0.25, 0.3) is 16.7 Å². The lowest BCUT2D eigenvalue weighted by atomic mass is 10.2. The van der Waals surface area contributed by atoms with E-state index in [2.05, 4.69) is 28.1 Å². The van der Waals surface area contributed by atoms with E-state index in [4.69, 9.17) is 10.7 Å². The molecule has 5 nitrogen and oxygen atoms in total. The van der Waals surface area contributed by atoms with Crippen LogP contribution < -0.4 is 11.1 Å². The zero-order chi connectivity index (χ0) is 17.6. The molecule has 0 radical (unpaired) electrons. The second-order valence-electron chi connectivity index (χ2n) is 6.33. The summed E-state index contributed by atoms with van der Waals surface area (Å²) in [6, 6.07) is 18.2. The molecule has 0 saturated heterocycles. The van der Waals surface area contributed by atoms with Gasteiger partial charge in [-0.3, -0.25) is 9.36 Å². The van der Waals surface area contributed by atoms with Crippen LogP contribution >= 0.6 is 12.4 Å². The second kappa shape index (κ2) is 9.36. The van der Waals surface area contributed by atoms with Gasteiger partial charge in [-0.1, -0.05) is 37.3 Å². The number of imidazole rings is 1. The number of nitrogens with two attached hydrogens (primary N) is 1. The van der Waals surface area contributed by atoms with Gasteiger partial charge in [0.1, 0.15) is 5.82 Å². The van der Waals surface area contributed by atoms with Crippen molar-refractivity contribution in [3.05, 3.63) is 60.4 Å². The molecular weight excluding hydrogens is 348 g/mol. The lowest BCUT2D eigenvalue weighted by molar-refractivity contribution is -0.121. The first-order valence-corrected chi connectivity index (χ1v) is 8.67. The van der Waals surface area contributed by atoms with Gasteiger partial charge in [0.15, 0.2) is 0 Å². The molecule has 0 aliphatic carbocycles. The molecule has 0 fully saturated rings. The van der Waals surface area contributed by atoms with Crippen molar-refractivity contribution in [2.24, 2.45) is 11.7 Å². The zero-order valence-corrected chi connectivity index (χ0v) is 15.7. The molecule has 2 aromatic carbocycles. The smallest absolute Gasteiger partial charge is 0.220 e. The van der Waals surface area contributed by atoms with Gasteiger partial charge in [-0.25, -0.2) is 4.98 Å². The van der Waals surface area contributed by atoms with Crippen molar-refractivity contribution >= 4 is 29.3 Å². The molecule has 1 unspecified atom stereocenters. The number of hydrogen-bond acceptors (Lipinski definition) is 3. The van der Waals surface area contributed by atoms with E-state index in [1.165, 1.54) is 0 Å². The van der Waals surface area contributed by atoms with Gasteiger partial charge in [-0.15, -0.1) is 12.4 Å². The molecule has 26 heavy (non-hydrogen) atoms. The quantitative estimate of drug-likeness (QED) is 0.669. The van der Waals surface area contributed by atoms with Gasteiger partial charge >= 0.3 is 0 Å². The molecule has 0 bridgehead atoms. The van der Waals surface area contributed by atoms with Gasteiger partial charge in [0.25, 0.3) is 0 Å². The predicted molar refractivity (Wildman–Crippen MR) is 108 cm³/mol. The van der Waals surface area contributed by atoms with Gasteiger partial charge in [0, 0.05) is 25.1 Å². The molecule has 0 spiro atoms. The molecule has 3 N–H and O–H groups in total. The minimum absolute atomic E-state index is 0. The Kier molecular flexibility index (Phi) is 7.18. The summed E-state index contributed by atoms with van der Waals surface area (Å²) in [6.45, 7) is 3.21. The summed E-state index contributed by atoms with van der Waals surface area (Å²) in [5.74, 6) is 1.22. The number of hydrogen-bond donors (Lipinski definition) is 2. The summed E-state index contributed by atoms with van der Waals surface area (Å²) in [5.41, 5.74) is 8.64. The number of carbonyl (C=O) groups is 1. The van der Waals surface area contributed by atoms with Crippen LogP contribution in [0.2, 0.25) is 0 Å². The third-order valence-corrected chi connectivity index (χ3v) is 4.27. The van der Waals surface area contributed by atoms with E-state index in [0.717, 1.165) is 22.5 Å². The van der Waals surface area contributed by atoms with Gasteiger partial charge in [-0.05, 0) is 36.7 Å². The molecule has 6 heteroatoms. The lowest BCUT2D eigenvalue weighted by Crippen LogP contribution is -2.31. The third-order valence-electron chi connectivity index (χ3n) is 4.27. The fraction of sp³-hybridized carbons (Fsp3) is 0.300. The summed E-state index contributed by atoms with van der Waals surface area (Å²) >= 11 is 0. The first-order chi connectivity index (χ1) is 12.2. The zero-order valence-electron chi connectivity index (χ0n) is 14.9. The van der Waals surface area contributed by atoms with Gasteiger partial charge in [0.05, 0.1) is 11.0 Å². The Labute approximate surface area is 160 Å². The molecule has 1 amide bonds. The number of para-hydroxylation sites is 3. The summed E-state index contributed by atoms with van der Waals surface area (Å²) < 4.78 is 2.13. The standard InChI is InChI=1S/C20H24N4O.ClH/c1-15(13-21)14-22-20(25)12-11-19-23-17-9-5-6-10-18(17)24(19)16-7-3-2-4-8-16;/h2-10,15H,11-14,21H2,1H3,(H,22,25);1H. The number of benzene rings is 2. The Morgan fingerprint density at radius 1 is 1.15 bits per heavy atom. The minimum Gasteiger partial charge on any atom is -0.356 e. The molecule has 0 saturated carbocycles. The van der Waals surface area contributed by atoms with Crippen molar-refractivity contribution in [2.45, 2.75) is 19.8 Å². The Balaban J connectivity index is 0.00000243. The molecular formula is C20H25ClN4O. The van der Waals surface area contributed by atoms with Crippen LogP contribution in [-0.2, 0) is 11.2 Å². The minimum atomic E-state index is 0. The highest BCUT2D eigenvalue weighted by Gasteiger charge is 2.13. The summed E-state index contributed by atoms with van der Waals surface area (Å²) in [7, 11) is 0. The van der Waals surface area contributed by atoms with Crippen LogP contribution in [0.5, 0.6) is 0 Å². The topological polar surface area (TPSA) is 72.9 Å². The van der Waals surface area contributed by atoms with Crippen LogP contribution in [-0.4, -0.2) is 28.5 Å². The van der Waals surface area contributed by atoms with E-state index in [9.17, 15) is 4.79 Å². The first-order valence-electron chi connectivity index (χ1n) is 8.67. The van der Waals surface area contributed by atoms with E-state index in [-0.39, 0.29) is 24.2 Å². The van der Waals surface area contributed by atoms with Crippen LogP contribution in [0.3, 0.4) is 0 Å². The van der Waals surface area contributed by atoms with Crippen molar-refractivity contribution in [1.82, 2.24) is 14.9 Å². The van der Waals surface area contributed by atoms with Crippen LogP contribution in [0.1, 0.15) is 19.2 Å². The lowest BCUT2D eigenvalue weighted by Gasteiger charge is -2.11. The number of halogens is 1. The van der Waals surface area contributed by atoms with E-state index in [1.54, 1.807) is 0 Å². The van der Waals surface area contributed by atoms with E-state index < -0.39 is 0 Å². The fourth-order valence-electron chi connectivity index (χ4n) is 2.79. The van der Waals surface area contributed by atoms with Crippen molar-refractivity contribution in [2.75, 3.05) is 13.1 Å². The summed E-state index contributed by atoms with van der Waals surface area (Å²) in [4.78, 5) is 16.8. The SMILES string of the molecule is CC(CN)CNC(=O)CCc1nc2ccccc2n1-c1ccccc1.Cl. The molecule has 0 aliphatic rings. The average Bonchev–Trinajstić information content (AvgIpc) is 3.03. The Morgan fingerprint density at radius 3 is 2.58 bits per heavy atom. The number of carbonyl (C=O) groups excluding carboxylic acids is 1. The summed E-state index contributed by atoms with van der Waals surface area (Å²) in [5, 5.41) is 2.94. The van der Waals surface area contributed by atoms with Crippen molar-refractivity contribution < 1.29 is 4.79 Å². The monoisotopic (exact) mass is 372 g/mol. The normalized spacial score (nSPS) is 11.8. The maximum Gasteiger partial charge on any atom is 0.220 e. The molecule has 3 aromatic rings. The van der Waals surface area contributed by atoms with Crippen LogP contribution in [0, 0.1) is 5.92 Å². The van der Waals surface area contributed by atoms with Crippen molar-refractivity contribution in [3.8, 4) is 5.69 Å². The third kappa shape index (κ3) is 4.62. The Hall–Kier alpha value is -2.37. The van der Waals surface area contributed by atoms with Gasteiger partial charge in [-0.2, -0.15) is 0 Å². The number of aromatic nitrogens is 2. The molecule has 3 rings (SSSR count). The average molecular weight is 373 g/mol. The van der Waals surface area contributed by atoms with Gasteiger partial charge in [0.2, 0.25) is 5.91 Å².